The van der Waals surface area contributed by atoms with Crippen LogP contribution in [0.2, 0.25) is 5.15 Å². The zero-order valence-corrected chi connectivity index (χ0v) is 20.1. The van der Waals surface area contributed by atoms with Crippen LogP contribution in [-0.2, 0) is 4.74 Å². The topological polar surface area (TPSA) is 74.8 Å². The summed E-state index contributed by atoms with van der Waals surface area (Å²) in [6.45, 7) is 7.00. The van der Waals surface area contributed by atoms with E-state index in [1.54, 1.807) is 31.3 Å². The number of nitrogens with one attached hydrogen (secondary N) is 1. The van der Waals surface area contributed by atoms with E-state index >= 15 is 0 Å². The summed E-state index contributed by atoms with van der Waals surface area (Å²) in [4.78, 5) is 32.7. The van der Waals surface area contributed by atoms with Gasteiger partial charge in [0.1, 0.15) is 10.8 Å². The third kappa shape index (κ3) is 6.13. The Labute approximate surface area is 194 Å². The molecule has 1 aliphatic rings. The van der Waals surface area contributed by atoms with Gasteiger partial charge in [-0.25, -0.2) is 9.78 Å². The van der Waals surface area contributed by atoms with E-state index in [1.807, 2.05) is 45.0 Å². The van der Waals surface area contributed by atoms with Crippen LogP contribution in [0.3, 0.4) is 0 Å². The first kappa shape index (κ1) is 23.9. The predicted molar refractivity (Wildman–Crippen MR) is 127 cm³/mol. The molecular formula is C24H31ClN4O3. The molecule has 0 aliphatic carbocycles. The fraction of sp³-hybridized carbons (Fsp3) is 0.458. The maximum absolute atomic E-state index is 12.4. The van der Waals surface area contributed by atoms with Crippen molar-refractivity contribution in [1.29, 1.82) is 0 Å². The lowest BCUT2D eigenvalue weighted by atomic mass is 9.99. The lowest BCUT2D eigenvalue weighted by Gasteiger charge is -2.36. The number of piperidine rings is 1. The van der Waals surface area contributed by atoms with E-state index in [0.717, 1.165) is 36.2 Å². The highest BCUT2D eigenvalue weighted by Crippen LogP contribution is 2.34. The van der Waals surface area contributed by atoms with Gasteiger partial charge in [-0.1, -0.05) is 23.7 Å². The number of nitrogens with zero attached hydrogens (tertiary/aromatic N) is 3. The van der Waals surface area contributed by atoms with Gasteiger partial charge in [-0.15, -0.1) is 0 Å². The molecule has 2 amide bonds. The van der Waals surface area contributed by atoms with Gasteiger partial charge < -0.3 is 19.9 Å². The first-order chi connectivity index (χ1) is 15.0. The summed E-state index contributed by atoms with van der Waals surface area (Å²) in [7, 11) is 3.46. The van der Waals surface area contributed by atoms with Crippen molar-refractivity contribution in [2.75, 3.05) is 32.1 Å². The number of benzene rings is 1. The Morgan fingerprint density at radius 3 is 2.69 bits per heavy atom. The molecular weight excluding hydrogens is 428 g/mol. The van der Waals surface area contributed by atoms with Crippen LogP contribution in [0, 0.1) is 0 Å². The molecule has 0 saturated carbocycles. The van der Waals surface area contributed by atoms with E-state index < -0.39 is 11.7 Å². The molecule has 8 heteroatoms. The second-order valence-electron chi connectivity index (χ2n) is 9.24. The highest BCUT2D eigenvalue weighted by molar-refractivity contribution is 6.29. The van der Waals surface area contributed by atoms with E-state index in [4.69, 9.17) is 16.3 Å². The van der Waals surface area contributed by atoms with Gasteiger partial charge in [0.25, 0.3) is 5.91 Å². The average Bonchev–Trinajstić information content (AvgIpc) is 2.72. The molecule has 1 fully saturated rings. The number of aromatic nitrogens is 1. The van der Waals surface area contributed by atoms with Crippen LogP contribution in [0.15, 0.2) is 36.5 Å². The minimum absolute atomic E-state index is 0.0416. The number of carbonyl (C=O) groups excluding carboxylic acids is 2. The van der Waals surface area contributed by atoms with Crippen molar-refractivity contribution in [3.63, 3.8) is 0 Å². The van der Waals surface area contributed by atoms with Gasteiger partial charge in [0.15, 0.2) is 0 Å². The first-order valence-corrected chi connectivity index (χ1v) is 11.1. The standard InChI is InChI=1S/C24H31ClN4O3/c1-24(2,3)32-23(31)27-18-10-7-11-29(15-18)20-13-21(25)26-14-19(20)16-8-6-9-17(12-16)22(30)28(4)5/h6,8-9,12-14,18H,7,10-11,15H2,1-5H3,(H,27,31)/t18-/m0/s1. The van der Waals surface area contributed by atoms with Crippen LogP contribution in [0.4, 0.5) is 10.5 Å². The summed E-state index contributed by atoms with van der Waals surface area (Å²) in [5.41, 5.74) is 2.77. The van der Waals surface area contributed by atoms with Crippen LogP contribution in [-0.4, -0.2) is 60.7 Å². The molecule has 1 atom stereocenters. The number of amides is 2. The summed E-state index contributed by atoms with van der Waals surface area (Å²) < 4.78 is 5.41. The smallest absolute Gasteiger partial charge is 0.407 e. The predicted octanol–water partition coefficient (Wildman–Crippen LogP) is 4.60. The van der Waals surface area contributed by atoms with E-state index in [-0.39, 0.29) is 11.9 Å². The maximum atomic E-state index is 12.4. The van der Waals surface area contributed by atoms with Crippen molar-refractivity contribution in [2.24, 2.45) is 0 Å². The lowest BCUT2D eigenvalue weighted by Crippen LogP contribution is -2.49. The second kappa shape index (κ2) is 9.77. The fourth-order valence-electron chi connectivity index (χ4n) is 3.77. The molecule has 1 N–H and O–H groups in total. The fourth-order valence-corrected chi connectivity index (χ4v) is 3.92. The number of hydrogen-bond acceptors (Lipinski definition) is 5. The third-order valence-electron chi connectivity index (χ3n) is 5.16. The van der Waals surface area contributed by atoms with Crippen LogP contribution < -0.4 is 10.2 Å². The Balaban J connectivity index is 1.86. The molecule has 3 rings (SSSR count). The summed E-state index contributed by atoms with van der Waals surface area (Å²) in [6, 6.07) is 9.30. The number of halogens is 1. The maximum Gasteiger partial charge on any atom is 0.407 e. The van der Waals surface area contributed by atoms with Crippen molar-refractivity contribution >= 4 is 29.3 Å². The van der Waals surface area contributed by atoms with Gasteiger partial charge in [-0.3, -0.25) is 4.79 Å². The summed E-state index contributed by atoms with van der Waals surface area (Å²) in [6.07, 6.45) is 3.12. The SMILES string of the molecule is CN(C)C(=O)c1cccc(-c2cnc(Cl)cc2N2CCC[C@H](NC(=O)OC(C)(C)C)C2)c1. The highest BCUT2D eigenvalue weighted by atomic mass is 35.5. The largest absolute Gasteiger partial charge is 0.444 e. The van der Waals surface area contributed by atoms with Crippen molar-refractivity contribution in [3.8, 4) is 11.1 Å². The van der Waals surface area contributed by atoms with Crippen molar-refractivity contribution in [3.05, 3.63) is 47.2 Å². The van der Waals surface area contributed by atoms with E-state index in [2.05, 4.69) is 15.2 Å². The molecule has 32 heavy (non-hydrogen) atoms. The minimum atomic E-state index is -0.542. The number of alkyl carbamates (subject to hydrolysis) is 1. The van der Waals surface area contributed by atoms with Crippen molar-refractivity contribution < 1.29 is 14.3 Å². The molecule has 1 saturated heterocycles. The Bertz CT molecular complexity index is 987. The second-order valence-corrected chi connectivity index (χ2v) is 9.62. The number of anilines is 1. The number of rotatable bonds is 4. The van der Waals surface area contributed by atoms with E-state index in [0.29, 0.717) is 17.3 Å². The van der Waals surface area contributed by atoms with Crippen LogP contribution >= 0.6 is 11.6 Å². The first-order valence-electron chi connectivity index (χ1n) is 10.8. The number of carbonyl (C=O) groups is 2. The Kier molecular flexibility index (Phi) is 7.29. The van der Waals surface area contributed by atoms with E-state index in [1.165, 1.54) is 0 Å². The van der Waals surface area contributed by atoms with Crippen LogP contribution in [0.25, 0.3) is 11.1 Å². The van der Waals surface area contributed by atoms with Gasteiger partial charge in [0.2, 0.25) is 0 Å². The number of pyridine rings is 1. The van der Waals surface area contributed by atoms with Crippen molar-refractivity contribution in [1.82, 2.24) is 15.2 Å². The molecule has 2 aromatic rings. The monoisotopic (exact) mass is 458 g/mol. The molecule has 0 spiro atoms. The van der Waals surface area contributed by atoms with Gasteiger partial charge in [-0.05, 0) is 57.4 Å². The molecule has 1 aromatic carbocycles. The van der Waals surface area contributed by atoms with E-state index in [9.17, 15) is 9.59 Å². The minimum Gasteiger partial charge on any atom is -0.444 e. The summed E-state index contributed by atoms with van der Waals surface area (Å²) in [5, 5.41) is 3.38. The highest BCUT2D eigenvalue weighted by Gasteiger charge is 2.26. The quantitative estimate of drug-likeness (QED) is 0.678. The van der Waals surface area contributed by atoms with Crippen molar-refractivity contribution in [2.45, 2.75) is 45.3 Å². The molecule has 0 bridgehead atoms. The van der Waals surface area contributed by atoms with Crippen LogP contribution in [0.1, 0.15) is 44.0 Å². The molecule has 1 aliphatic heterocycles. The normalized spacial score (nSPS) is 16.4. The lowest BCUT2D eigenvalue weighted by molar-refractivity contribution is 0.0499. The molecule has 7 nitrogen and oxygen atoms in total. The van der Waals surface area contributed by atoms with Gasteiger partial charge in [0.05, 0.1) is 0 Å². The van der Waals surface area contributed by atoms with Gasteiger partial charge >= 0.3 is 6.09 Å². The number of hydrogen-bond donors (Lipinski definition) is 1. The molecule has 0 unspecified atom stereocenters. The third-order valence-corrected chi connectivity index (χ3v) is 5.37. The summed E-state index contributed by atoms with van der Waals surface area (Å²) in [5.74, 6) is -0.0603. The van der Waals surface area contributed by atoms with Gasteiger partial charge in [0, 0.05) is 56.2 Å². The molecule has 0 radical (unpaired) electrons. The Morgan fingerprint density at radius 2 is 2.00 bits per heavy atom. The zero-order valence-electron chi connectivity index (χ0n) is 19.3. The molecule has 2 heterocycles. The van der Waals surface area contributed by atoms with Crippen LogP contribution in [0.5, 0.6) is 0 Å². The zero-order chi connectivity index (χ0) is 23.5. The molecule has 172 valence electrons. The van der Waals surface area contributed by atoms with Gasteiger partial charge in [-0.2, -0.15) is 0 Å². The Hall–Kier alpha value is -2.80. The average molecular weight is 459 g/mol. The Morgan fingerprint density at radius 1 is 1.25 bits per heavy atom. The summed E-state index contributed by atoms with van der Waals surface area (Å²) >= 11 is 6.25. The number of ether oxygens (including phenoxy) is 1. The molecule has 1 aromatic heterocycles.